The molecule has 0 saturated carbocycles. The summed E-state index contributed by atoms with van der Waals surface area (Å²) in [5.74, 6) is -1.75. The number of benzene rings is 1. The molecule has 1 atom stereocenters. The fraction of sp³-hybridized carbons (Fsp3) is 0.286. The minimum atomic E-state index is -0.850. The lowest BCUT2D eigenvalue weighted by Gasteiger charge is -2.16. The summed E-state index contributed by atoms with van der Waals surface area (Å²) in [6.45, 7) is 0. The highest BCUT2D eigenvalue weighted by Crippen LogP contribution is 2.39. The van der Waals surface area contributed by atoms with E-state index >= 15 is 0 Å². The van der Waals surface area contributed by atoms with E-state index in [9.17, 15) is 14.3 Å². The maximum Gasteiger partial charge on any atom is 0.312 e. The van der Waals surface area contributed by atoms with Crippen molar-refractivity contribution in [3.05, 3.63) is 39.1 Å². The number of rotatable bonds is 2. The molecule has 0 bridgehead atoms. The molecule has 1 unspecified atom stereocenters. The van der Waals surface area contributed by atoms with Crippen LogP contribution in [0, 0.1) is 5.82 Å². The van der Waals surface area contributed by atoms with Gasteiger partial charge in [0.25, 0.3) is 0 Å². The van der Waals surface area contributed by atoms with Crippen molar-refractivity contribution in [1.29, 1.82) is 0 Å². The molecule has 3 rings (SSSR count). The predicted molar refractivity (Wildman–Crippen MR) is 78.5 cm³/mol. The molecular weight excluding hydrogens is 345 g/mol. The number of carboxylic acids is 1. The van der Waals surface area contributed by atoms with E-state index in [0.29, 0.717) is 22.7 Å². The average Bonchev–Trinajstić information content (AvgIpc) is 2.84. The van der Waals surface area contributed by atoms with Crippen LogP contribution >= 0.6 is 27.3 Å². The number of thiazole rings is 1. The third kappa shape index (κ3) is 2.38. The van der Waals surface area contributed by atoms with E-state index in [1.54, 1.807) is 12.1 Å². The topological polar surface area (TPSA) is 50.2 Å². The fourth-order valence-electron chi connectivity index (χ4n) is 2.44. The molecular formula is C14H11BrFNO2S. The highest BCUT2D eigenvalue weighted by atomic mass is 79.9. The van der Waals surface area contributed by atoms with E-state index in [0.717, 1.165) is 22.2 Å². The summed E-state index contributed by atoms with van der Waals surface area (Å²) in [5, 5.41) is 9.80. The first-order valence-electron chi connectivity index (χ1n) is 6.24. The predicted octanol–water partition coefficient (Wildman–Crippen LogP) is 4.22. The zero-order chi connectivity index (χ0) is 14.3. The Morgan fingerprint density at radius 3 is 3.05 bits per heavy atom. The first kappa shape index (κ1) is 13.7. The largest absolute Gasteiger partial charge is 0.481 e. The molecule has 1 N–H and O–H groups in total. The average molecular weight is 356 g/mol. The maximum absolute atomic E-state index is 13.9. The molecule has 1 aromatic heterocycles. The Morgan fingerprint density at radius 2 is 2.30 bits per heavy atom. The van der Waals surface area contributed by atoms with E-state index in [1.165, 1.54) is 17.4 Å². The molecule has 0 spiro atoms. The van der Waals surface area contributed by atoms with Crippen molar-refractivity contribution in [1.82, 2.24) is 4.98 Å². The van der Waals surface area contributed by atoms with E-state index in [2.05, 4.69) is 20.9 Å². The molecule has 1 aliphatic rings. The molecule has 0 amide bonds. The Labute approximate surface area is 127 Å². The van der Waals surface area contributed by atoms with Crippen LogP contribution in [-0.2, 0) is 11.2 Å². The van der Waals surface area contributed by atoms with Gasteiger partial charge in [0.15, 0.2) is 0 Å². The number of fused-ring (bicyclic) bond motifs is 1. The number of aromatic nitrogens is 1. The van der Waals surface area contributed by atoms with Gasteiger partial charge in [0, 0.05) is 14.9 Å². The van der Waals surface area contributed by atoms with Gasteiger partial charge >= 0.3 is 5.97 Å². The number of aryl methyl sites for hydroxylation is 1. The normalized spacial score (nSPS) is 17.8. The fourth-order valence-corrected chi connectivity index (χ4v) is 3.98. The van der Waals surface area contributed by atoms with Gasteiger partial charge in [-0.1, -0.05) is 15.9 Å². The second-order valence-electron chi connectivity index (χ2n) is 4.73. The van der Waals surface area contributed by atoms with Gasteiger partial charge in [0.05, 0.1) is 11.6 Å². The molecule has 6 heteroatoms. The maximum atomic E-state index is 13.9. The van der Waals surface area contributed by atoms with Crippen molar-refractivity contribution in [2.45, 2.75) is 25.2 Å². The molecule has 1 aliphatic carbocycles. The van der Waals surface area contributed by atoms with Crippen LogP contribution in [0.1, 0.15) is 29.3 Å². The Bertz CT molecular complexity index is 686. The van der Waals surface area contributed by atoms with Gasteiger partial charge in [-0.15, -0.1) is 11.3 Å². The van der Waals surface area contributed by atoms with Gasteiger partial charge in [0.2, 0.25) is 0 Å². The molecule has 20 heavy (non-hydrogen) atoms. The number of nitrogens with zero attached hydrogens (tertiary/aromatic N) is 1. The zero-order valence-corrected chi connectivity index (χ0v) is 12.8. The van der Waals surface area contributed by atoms with Crippen LogP contribution < -0.4 is 0 Å². The minimum Gasteiger partial charge on any atom is -0.481 e. The smallest absolute Gasteiger partial charge is 0.312 e. The van der Waals surface area contributed by atoms with Gasteiger partial charge in [-0.05, 0) is 37.5 Å². The number of carbonyl (C=O) groups is 1. The molecule has 3 nitrogen and oxygen atoms in total. The molecule has 1 aromatic carbocycles. The minimum absolute atomic E-state index is 0.342. The summed E-state index contributed by atoms with van der Waals surface area (Å²) in [7, 11) is 0. The van der Waals surface area contributed by atoms with Gasteiger partial charge in [-0.2, -0.15) is 0 Å². The third-order valence-electron chi connectivity index (χ3n) is 3.41. The van der Waals surface area contributed by atoms with Crippen LogP contribution in [0.15, 0.2) is 22.7 Å². The van der Waals surface area contributed by atoms with E-state index in [1.807, 2.05) is 0 Å². The molecule has 0 saturated heterocycles. The van der Waals surface area contributed by atoms with Crippen molar-refractivity contribution in [3.8, 4) is 10.6 Å². The van der Waals surface area contributed by atoms with Crippen LogP contribution in [0.2, 0.25) is 0 Å². The number of hydrogen-bond donors (Lipinski definition) is 1. The molecule has 2 aromatic rings. The lowest BCUT2D eigenvalue weighted by atomic mass is 9.91. The lowest BCUT2D eigenvalue weighted by Crippen LogP contribution is -2.17. The number of aliphatic carboxylic acids is 1. The van der Waals surface area contributed by atoms with Gasteiger partial charge in [0.1, 0.15) is 10.8 Å². The van der Waals surface area contributed by atoms with Gasteiger partial charge in [-0.3, -0.25) is 4.79 Å². The summed E-state index contributed by atoms with van der Waals surface area (Å²) in [4.78, 5) is 16.6. The second-order valence-corrected chi connectivity index (χ2v) is 6.73. The van der Waals surface area contributed by atoms with Crippen LogP contribution in [0.25, 0.3) is 10.6 Å². The lowest BCUT2D eigenvalue weighted by molar-refractivity contribution is -0.139. The van der Waals surface area contributed by atoms with Crippen molar-refractivity contribution in [3.63, 3.8) is 0 Å². The SMILES string of the molecule is O=C(O)C1CCCc2sc(-c3cc(Br)ccc3F)nc21. The van der Waals surface area contributed by atoms with Crippen molar-refractivity contribution < 1.29 is 14.3 Å². The summed E-state index contributed by atoms with van der Waals surface area (Å²) in [5.41, 5.74) is 1.03. The second kappa shape index (κ2) is 5.26. The third-order valence-corrected chi connectivity index (χ3v) is 5.07. The molecule has 104 valence electrons. The molecule has 0 fully saturated rings. The van der Waals surface area contributed by atoms with Gasteiger partial charge in [-0.25, -0.2) is 9.37 Å². The van der Waals surface area contributed by atoms with Crippen LogP contribution in [0.5, 0.6) is 0 Å². The van der Waals surface area contributed by atoms with E-state index in [-0.39, 0.29) is 5.82 Å². The van der Waals surface area contributed by atoms with Crippen LogP contribution in [0.4, 0.5) is 4.39 Å². The Hall–Kier alpha value is -1.27. The first-order valence-corrected chi connectivity index (χ1v) is 7.85. The monoisotopic (exact) mass is 355 g/mol. The molecule has 1 heterocycles. The standard InChI is InChI=1S/C14H11BrFNO2S/c15-7-4-5-10(16)9(6-7)13-17-12-8(14(18)19)2-1-3-11(12)20-13/h4-6,8H,1-3H2,(H,18,19). The Kier molecular flexibility index (Phi) is 3.60. The molecule has 0 radical (unpaired) electrons. The highest BCUT2D eigenvalue weighted by molar-refractivity contribution is 9.10. The van der Waals surface area contributed by atoms with E-state index < -0.39 is 11.9 Å². The highest BCUT2D eigenvalue weighted by Gasteiger charge is 2.30. The number of carboxylic acid groups (broad SMARTS) is 1. The van der Waals surface area contributed by atoms with Crippen molar-refractivity contribution >= 4 is 33.2 Å². The van der Waals surface area contributed by atoms with Crippen molar-refractivity contribution in [2.24, 2.45) is 0 Å². The summed E-state index contributed by atoms with van der Waals surface area (Å²) in [6, 6.07) is 4.69. The van der Waals surface area contributed by atoms with E-state index in [4.69, 9.17) is 0 Å². The summed E-state index contributed by atoms with van der Waals surface area (Å²) in [6.07, 6.45) is 2.27. The molecule has 0 aliphatic heterocycles. The van der Waals surface area contributed by atoms with Crippen LogP contribution in [-0.4, -0.2) is 16.1 Å². The van der Waals surface area contributed by atoms with Crippen molar-refractivity contribution in [2.75, 3.05) is 0 Å². The van der Waals surface area contributed by atoms with Crippen LogP contribution in [0.3, 0.4) is 0 Å². The number of hydrogen-bond acceptors (Lipinski definition) is 3. The quantitative estimate of drug-likeness (QED) is 0.877. The first-order chi connectivity index (χ1) is 9.56. The Balaban J connectivity index is 2.09. The summed E-state index contributed by atoms with van der Waals surface area (Å²) >= 11 is 4.71. The Morgan fingerprint density at radius 1 is 1.50 bits per heavy atom. The zero-order valence-electron chi connectivity index (χ0n) is 10.4. The number of halogens is 2. The van der Waals surface area contributed by atoms with Gasteiger partial charge < -0.3 is 5.11 Å². The summed E-state index contributed by atoms with van der Waals surface area (Å²) < 4.78 is 14.7.